The molecule has 0 unspecified atom stereocenters. The van der Waals surface area contributed by atoms with Gasteiger partial charge >= 0.3 is 6.03 Å². The minimum absolute atomic E-state index is 0.00753. The van der Waals surface area contributed by atoms with Crippen LogP contribution < -0.4 is 16.0 Å². The second-order valence-corrected chi connectivity index (χ2v) is 6.48. The standard InChI is InChI=1S/C13H22N4O2/c1-12(2)7-9(8-13(3,4)17-12)14-11(18)15-10-5-6-19-16-10/h5-6,9,17H,7-8H2,1-4H3,(H2,14,15,16,18). The van der Waals surface area contributed by atoms with E-state index in [1.807, 2.05) is 0 Å². The van der Waals surface area contributed by atoms with Crippen molar-refractivity contribution in [1.29, 1.82) is 0 Å². The van der Waals surface area contributed by atoms with E-state index in [2.05, 4.69) is 53.3 Å². The summed E-state index contributed by atoms with van der Waals surface area (Å²) in [7, 11) is 0. The molecule has 1 aromatic rings. The quantitative estimate of drug-likeness (QED) is 0.766. The number of nitrogens with zero attached hydrogens (tertiary/aromatic N) is 1. The van der Waals surface area contributed by atoms with Crippen LogP contribution in [-0.4, -0.2) is 28.3 Å². The summed E-state index contributed by atoms with van der Waals surface area (Å²) in [5, 5.41) is 12.9. The third-order valence-electron chi connectivity index (χ3n) is 3.20. The second kappa shape index (κ2) is 4.85. The Bertz CT molecular complexity index is 424. The molecule has 0 radical (unpaired) electrons. The largest absolute Gasteiger partial charge is 0.363 e. The highest BCUT2D eigenvalue weighted by molar-refractivity contribution is 5.88. The second-order valence-electron chi connectivity index (χ2n) is 6.48. The molecule has 3 N–H and O–H groups in total. The van der Waals surface area contributed by atoms with Crippen LogP contribution in [0.4, 0.5) is 10.6 Å². The first-order valence-electron chi connectivity index (χ1n) is 6.53. The van der Waals surface area contributed by atoms with Gasteiger partial charge in [-0.15, -0.1) is 0 Å². The molecule has 106 valence electrons. The molecule has 1 fully saturated rings. The van der Waals surface area contributed by atoms with Gasteiger partial charge in [-0.25, -0.2) is 4.79 Å². The number of hydrogen-bond acceptors (Lipinski definition) is 4. The summed E-state index contributed by atoms with van der Waals surface area (Å²) >= 11 is 0. The monoisotopic (exact) mass is 266 g/mol. The molecular weight excluding hydrogens is 244 g/mol. The van der Waals surface area contributed by atoms with Crippen LogP contribution in [0.3, 0.4) is 0 Å². The Morgan fingerprint density at radius 3 is 2.53 bits per heavy atom. The maximum absolute atomic E-state index is 11.9. The van der Waals surface area contributed by atoms with E-state index in [0.29, 0.717) is 5.82 Å². The number of carbonyl (C=O) groups excluding carboxylic acids is 1. The lowest BCUT2D eigenvalue weighted by Crippen LogP contribution is -2.62. The van der Waals surface area contributed by atoms with Gasteiger partial charge < -0.3 is 15.2 Å². The van der Waals surface area contributed by atoms with Crippen molar-refractivity contribution in [2.45, 2.75) is 57.7 Å². The number of amides is 2. The normalized spacial score (nSPS) is 21.9. The van der Waals surface area contributed by atoms with Crippen LogP contribution in [0, 0.1) is 0 Å². The third-order valence-corrected chi connectivity index (χ3v) is 3.20. The van der Waals surface area contributed by atoms with Gasteiger partial charge in [0.25, 0.3) is 0 Å². The number of anilines is 1. The van der Waals surface area contributed by atoms with Crippen LogP contribution in [0.25, 0.3) is 0 Å². The van der Waals surface area contributed by atoms with Gasteiger partial charge in [0.2, 0.25) is 0 Å². The minimum atomic E-state index is -0.243. The summed E-state index contributed by atoms with van der Waals surface area (Å²) in [6.07, 6.45) is 3.21. The lowest BCUT2D eigenvalue weighted by molar-refractivity contribution is 0.149. The Balaban J connectivity index is 1.93. The first kappa shape index (κ1) is 13.9. The van der Waals surface area contributed by atoms with E-state index in [1.165, 1.54) is 6.26 Å². The molecule has 0 spiro atoms. The molecule has 1 aliphatic heterocycles. The van der Waals surface area contributed by atoms with Gasteiger partial charge in [-0.05, 0) is 40.5 Å². The van der Waals surface area contributed by atoms with Gasteiger partial charge in [0.1, 0.15) is 6.26 Å². The molecule has 1 saturated heterocycles. The maximum Gasteiger partial charge on any atom is 0.320 e. The highest BCUT2D eigenvalue weighted by atomic mass is 16.5. The molecule has 0 saturated carbocycles. The summed E-state index contributed by atoms with van der Waals surface area (Å²) in [6, 6.07) is 1.50. The average molecular weight is 266 g/mol. The molecular formula is C13H22N4O2. The summed E-state index contributed by atoms with van der Waals surface area (Å²) in [4.78, 5) is 11.9. The summed E-state index contributed by atoms with van der Waals surface area (Å²) < 4.78 is 4.67. The fraction of sp³-hybridized carbons (Fsp3) is 0.692. The predicted octanol–water partition coefficient (Wildman–Crippen LogP) is 2.11. The zero-order valence-electron chi connectivity index (χ0n) is 11.9. The number of hydrogen-bond donors (Lipinski definition) is 3. The Morgan fingerprint density at radius 1 is 1.37 bits per heavy atom. The molecule has 0 aliphatic carbocycles. The first-order valence-corrected chi connectivity index (χ1v) is 6.53. The van der Waals surface area contributed by atoms with Crippen molar-refractivity contribution < 1.29 is 9.32 Å². The van der Waals surface area contributed by atoms with Crippen LogP contribution in [0.1, 0.15) is 40.5 Å². The van der Waals surface area contributed by atoms with E-state index in [1.54, 1.807) is 6.07 Å². The van der Waals surface area contributed by atoms with E-state index in [4.69, 9.17) is 0 Å². The molecule has 0 atom stereocenters. The van der Waals surface area contributed by atoms with Gasteiger partial charge in [0.05, 0.1) is 0 Å². The predicted molar refractivity (Wildman–Crippen MR) is 73.0 cm³/mol. The van der Waals surface area contributed by atoms with Crippen molar-refractivity contribution in [2.24, 2.45) is 0 Å². The molecule has 1 aliphatic rings. The van der Waals surface area contributed by atoms with Crippen LogP contribution in [0.15, 0.2) is 16.9 Å². The van der Waals surface area contributed by atoms with E-state index < -0.39 is 0 Å². The molecule has 0 aromatic carbocycles. The molecule has 2 rings (SSSR count). The summed E-state index contributed by atoms with van der Waals surface area (Å²) in [6.45, 7) is 8.60. The lowest BCUT2D eigenvalue weighted by atomic mass is 9.80. The molecule has 6 nitrogen and oxygen atoms in total. The van der Waals surface area contributed by atoms with Gasteiger partial charge in [-0.3, -0.25) is 5.32 Å². The Kier molecular flexibility index (Phi) is 3.54. The van der Waals surface area contributed by atoms with Crippen molar-refractivity contribution in [2.75, 3.05) is 5.32 Å². The van der Waals surface area contributed by atoms with Crippen molar-refractivity contribution >= 4 is 11.8 Å². The van der Waals surface area contributed by atoms with Crippen molar-refractivity contribution in [3.63, 3.8) is 0 Å². The average Bonchev–Trinajstić information content (AvgIpc) is 2.63. The Labute approximate surface area is 113 Å². The van der Waals surface area contributed by atoms with E-state index in [9.17, 15) is 4.79 Å². The number of urea groups is 1. The van der Waals surface area contributed by atoms with Crippen molar-refractivity contribution in [3.05, 3.63) is 12.3 Å². The first-order chi connectivity index (χ1) is 8.76. The SMILES string of the molecule is CC1(C)CC(NC(=O)Nc2ccon2)CC(C)(C)N1. The molecule has 2 heterocycles. The fourth-order valence-electron chi connectivity index (χ4n) is 3.04. The van der Waals surface area contributed by atoms with Crippen molar-refractivity contribution in [1.82, 2.24) is 15.8 Å². The van der Waals surface area contributed by atoms with Gasteiger partial charge in [0.15, 0.2) is 5.82 Å². The minimum Gasteiger partial charge on any atom is -0.363 e. The van der Waals surface area contributed by atoms with E-state index in [-0.39, 0.29) is 23.2 Å². The van der Waals surface area contributed by atoms with E-state index >= 15 is 0 Å². The lowest BCUT2D eigenvalue weighted by Gasteiger charge is -2.46. The zero-order chi connectivity index (χ0) is 14.1. The number of rotatable bonds is 2. The zero-order valence-corrected chi connectivity index (χ0v) is 11.9. The smallest absolute Gasteiger partial charge is 0.320 e. The summed E-state index contributed by atoms with van der Waals surface area (Å²) in [5.74, 6) is 0.421. The number of nitrogens with one attached hydrogen (secondary N) is 3. The van der Waals surface area contributed by atoms with E-state index in [0.717, 1.165) is 12.8 Å². The van der Waals surface area contributed by atoms with Crippen LogP contribution >= 0.6 is 0 Å². The third kappa shape index (κ3) is 3.96. The number of piperidine rings is 1. The molecule has 1 aromatic heterocycles. The van der Waals surface area contributed by atoms with Crippen LogP contribution in [-0.2, 0) is 0 Å². The van der Waals surface area contributed by atoms with Crippen LogP contribution in [0.5, 0.6) is 0 Å². The summed E-state index contributed by atoms with van der Waals surface area (Å²) in [5.41, 5.74) is 0.0151. The van der Waals surface area contributed by atoms with Crippen LogP contribution in [0.2, 0.25) is 0 Å². The number of aromatic nitrogens is 1. The van der Waals surface area contributed by atoms with Gasteiger partial charge in [0, 0.05) is 23.2 Å². The van der Waals surface area contributed by atoms with Gasteiger partial charge in [-0.2, -0.15) is 0 Å². The highest BCUT2D eigenvalue weighted by Gasteiger charge is 2.38. The van der Waals surface area contributed by atoms with Gasteiger partial charge in [-0.1, -0.05) is 5.16 Å². The topological polar surface area (TPSA) is 79.2 Å². The van der Waals surface area contributed by atoms with Crippen molar-refractivity contribution in [3.8, 4) is 0 Å². The molecule has 6 heteroatoms. The highest BCUT2D eigenvalue weighted by Crippen LogP contribution is 2.28. The Hall–Kier alpha value is -1.56. The number of carbonyl (C=O) groups is 1. The maximum atomic E-state index is 11.9. The fourth-order valence-corrected chi connectivity index (χ4v) is 3.04. The molecule has 2 amide bonds. The molecule has 19 heavy (non-hydrogen) atoms. The molecule has 0 bridgehead atoms. The Morgan fingerprint density at radius 2 is 2.00 bits per heavy atom.